The second-order valence-electron chi connectivity index (χ2n) is 5.06. The quantitative estimate of drug-likeness (QED) is 0.646. The van der Waals surface area contributed by atoms with E-state index in [4.69, 9.17) is 0 Å². The normalized spacial score (nSPS) is 11.2. The Morgan fingerprint density at radius 3 is 2.43 bits per heavy atom. The fourth-order valence-corrected chi connectivity index (χ4v) is 2.46. The van der Waals surface area contributed by atoms with Crippen molar-refractivity contribution in [3.63, 3.8) is 0 Å². The molecule has 3 aromatic heterocycles. The highest BCUT2D eigenvalue weighted by molar-refractivity contribution is 5.76. The molecule has 0 aliphatic carbocycles. The molecule has 0 saturated carbocycles. The number of aromatic nitrogens is 5. The number of rotatable bonds is 1. The van der Waals surface area contributed by atoms with Crippen molar-refractivity contribution < 1.29 is 0 Å². The third-order valence-corrected chi connectivity index (χ3v) is 3.63. The minimum absolute atomic E-state index is 0.347. The Hall–Kier alpha value is -2.70. The molecule has 0 unspecified atom stereocenters. The highest BCUT2D eigenvalue weighted by Crippen LogP contribution is 2.21. The Kier molecular flexibility index (Phi) is 2.79. The summed E-state index contributed by atoms with van der Waals surface area (Å²) in [5.74, 6) is 0.633. The third kappa shape index (κ3) is 1.81. The van der Waals surface area contributed by atoms with Gasteiger partial charge in [-0.25, -0.2) is 9.78 Å². The fourth-order valence-electron chi connectivity index (χ4n) is 2.46. The molecular weight excluding hydrogens is 270 g/mol. The van der Waals surface area contributed by atoms with E-state index >= 15 is 0 Å². The van der Waals surface area contributed by atoms with E-state index in [-0.39, 0.29) is 11.2 Å². The average molecular weight is 285 g/mol. The minimum Gasteiger partial charge on any atom is -0.321 e. The van der Waals surface area contributed by atoms with Crippen LogP contribution in [0.3, 0.4) is 0 Å². The Morgan fingerprint density at radius 1 is 1.05 bits per heavy atom. The van der Waals surface area contributed by atoms with Crippen LogP contribution in [0.4, 0.5) is 0 Å². The van der Waals surface area contributed by atoms with Gasteiger partial charge < -0.3 is 4.57 Å². The molecular formula is C14H15N5O2. The van der Waals surface area contributed by atoms with Crippen LogP contribution in [0.5, 0.6) is 0 Å². The van der Waals surface area contributed by atoms with E-state index in [2.05, 4.69) is 9.97 Å². The van der Waals surface area contributed by atoms with Crippen molar-refractivity contribution in [2.75, 3.05) is 0 Å². The van der Waals surface area contributed by atoms with E-state index in [0.29, 0.717) is 17.0 Å². The van der Waals surface area contributed by atoms with E-state index in [0.717, 1.165) is 15.8 Å². The molecule has 0 N–H and O–H groups in total. The molecule has 0 fully saturated rings. The van der Waals surface area contributed by atoms with Crippen molar-refractivity contribution in [2.24, 2.45) is 21.1 Å². The molecule has 0 amide bonds. The lowest BCUT2D eigenvalue weighted by Crippen LogP contribution is -2.37. The van der Waals surface area contributed by atoms with Crippen LogP contribution in [0, 0.1) is 6.92 Å². The monoisotopic (exact) mass is 285 g/mol. The molecule has 21 heavy (non-hydrogen) atoms. The predicted molar refractivity (Wildman–Crippen MR) is 79.2 cm³/mol. The summed E-state index contributed by atoms with van der Waals surface area (Å²) in [6.45, 7) is 1.89. The third-order valence-electron chi connectivity index (χ3n) is 3.63. The summed E-state index contributed by atoms with van der Waals surface area (Å²) in [5.41, 5.74) is 1.78. The molecule has 0 aliphatic rings. The average Bonchev–Trinajstić information content (AvgIpc) is 2.81. The van der Waals surface area contributed by atoms with Crippen LogP contribution in [-0.2, 0) is 21.1 Å². The summed E-state index contributed by atoms with van der Waals surface area (Å²) in [6, 6.07) is 3.72. The number of hydrogen-bond donors (Lipinski definition) is 0. The van der Waals surface area contributed by atoms with E-state index in [9.17, 15) is 9.59 Å². The Balaban J connectivity index is 2.46. The van der Waals surface area contributed by atoms with Crippen molar-refractivity contribution >= 4 is 11.2 Å². The molecule has 108 valence electrons. The van der Waals surface area contributed by atoms with E-state index in [1.165, 1.54) is 11.6 Å². The first-order valence-electron chi connectivity index (χ1n) is 6.47. The lowest BCUT2D eigenvalue weighted by atomic mass is 10.2. The first kappa shape index (κ1) is 13.3. The minimum atomic E-state index is -0.386. The molecule has 0 bridgehead atoms. The van der Waals surface area contributed by atoms with Gasteiger partial charge in [0.25, 0.3) is 5.56 Å². The molecule has 3 rings (SSSR count). The van der Waals surface area contributed by atoms with Crippen LogP contribution in [0.15, 0.2) is 27.9 Å². The molecule has 0 spiro atoms. The van der Waals surface area contributed by atoms with Gasteiger partial charge in [0.2, 0.25) is 0 Å². The molecule has 3 heterocycles. The first-order valence-corrected chi connectivity index (χ1v) is 6.47. The molecule has 0 atom stereocenters. The maximum Gasteiger partial charge on any atom is 0.332 e. The number of aryl methyl sites for hydroxylation is 3. The zero-order chi connectivity index (χ0) is 15.3. The van der Waals surface area contributed by atoms with Crippen molar-refractivity contribution in [1.82, 2.24) is 23.7 Å². The largest absolute Gasteiger partial charge is 0.332 e. The van der Waals surface area contributed by atoms with Gasteiger partial charge in [-0.2, -0.15) is 0 Å². The molecule has 0 aromatic carbocycles. The van der Waals surface area contributed by atoms with Crippen LogP contribution in [0.1, 0.15) is 5.69 Å². The summed E-state index contributed by atoms with van der Waals surface area (Å²) in [7, 11) is 4.85. The fraction of sp³-hybridized carbons (Fsp3) is 0.286. The van der Waals surface area contributed by atoms with Crippen molar-refractivity contribution in [3.8, 4) is 11.4 Å². The highest BCUT2D eigenvalue weighted by Gasteiger charge is 2.17. The molecule has 7 nitrogen and oxygen atoms in total. The van der Waals surface area contributed by atoms with Gasteiger partial charge in [0.15, 0.2) is 11.2 Å². The molecule has 0 saturated heterocycles. The standard InChI is InChI=1S/C14H15N5O2/c1-8-7-9(5-6-15-8)11-16-12-10(17(11)2)13(20)19(4)14(21)18(12)3/h5-7H,1-4H3. The van der Waals surface area contributed by atoms with Crippen molar-refractivity contribution in [1.29, 1.82) is 0 Å². The highest BCUT2D eigenvalue weighted by atomic mass is 16.2. The second kappa shape index (κ2) is 4.41. The summed E-state index contributed by atoms with van der Waals surface area (Å²) < 4.78 is 4.19. The van der Waals surface area contributed by atoms with Crippen molar-refractivity contribution in [3.05, 3.63) is 44.9 Å². The SMILES string of the molecule is Cc1cc(-c2nc3c(c(=O)n(C)c(=O)n3C)n2C)ccn1. The summed E-state index contributed by atoms with van der Waals surface area (Å²) in [5, 5.41) is 0. The lowest BCUT2D eigenvalue weighted by molar-refractivity contribution is 0.705. The van der Waals surface area contributed by atoms with Gasteiger partial charge in [-0.05, 0) is 19.1 Å². The molecule has 0 aliphatic heterocycles. The van der Waals surface area contributed by atoms with Crippen LogP contribution in [-0.4, -0.2) is 23.7 Å². The number of nitrogens with zero attached hydrogens (tertiary/aromatic N) is 5. The van der Waals surface area contributed by atoms with Crippen LogP contribution in [0.25, 0.3) is 22.6 Å². The zero-order valence-corrected chi connectivity index (χ0v) is 12.3. The molecule has 3 aromatic rings. The number of imidazole rings is 1. The van der Waals surface area contributed by atoms with E-state index < -0.39 is 0 Å². The maximum atomic E-state index is 12.3. The Morgan fingerprint density at radius 2 is 1.76 bits per heavy atom. The first-order chi connectivity index (χ1) is 9.91. The maximum absolute atomic E-state index is 12.3. The van der Waals surface area contributed by atoms with Gasteiger partial charge in [-0.3, -0.25) is 18.9 Å². The van der Waals surface area contributed by atoms with Crippen LogP contribution in [0.2, 0.25) is 0 Å². The van der Waals surface area contributed by atoms with Crippen molar-refractivity contribution in [2.45, 2.75) is 6.92 Å². The molecule has 0 radical (unpaired) electrons. The van der Waals surface area contributed by atoms with Gasteiger partial charge in [-0.1, -0.05) is 0 Å². The van der Waals surface area contributed by atoms with Crippen LogP contribution < -0.4 is 11.2 Å². The summed E-state index contributed by atoms with van der Waals surface area (Å²) in [4.78, 5) is 32.9. The second-order valence-corrected chi connectivity index (χ2v) is 5.06. The zero-order valence-electron chi connectivity index (χ0n) is 12.3. The van der Waals surface area contributed by atoms with Gasteiger partial charge in [0.05, 0.1) is 0 Å². The molecule has 7 heteroatoms. The van der Waals surface area contributed by atoms with Gasteiger partial charge in [-0.15, -0.1) is 0 Å². The van der Waals surface area contributed by atoms with E-state index in [1.54, 1.807) is 24.9 Å². The van der Waals surface area contributed by atoms with Crippen LogP contribution >= 0.6 is 0 Å². The Bertz CT molecular complexity index is 977. The lowest BCUT2D eigenvalue weighted by Gasteiger charge is -2.04. The summed E-state index contributed by atoms with van der Waals surface area (Å²) >= 11 is 0. The van der Waals surface area contributed by atoms with E-state index in [1.807, 2.05) is 19.1 Å². The topological polar surface area (TPSA) is 74.7 Å². The van der Waals surface area contributed by atoms with Gasteiger partial charge in [0, 0.05) is 38.6 Å². The predicted octanol–water partition coefficient (Wildman–Crippen LogP) is 0.341. The smallest absolute Gasteiger partial charge is 0.321 e. The Labute approximate surface area is 120 Å². The number of hydrogen-bond acceptors (Lipinski definition) is 4. The number of fused-ring (bicyclic) bond motifs is 1. The number of pyridine rings is 1. The van der Waals surface area contributed by atoms with Gasteiger partial charge in [0.1, 0.15) is 5.82 Å². The summed E-state index contributed by atoms with van der Waals surface area (Å²) in [6.07, 6.45) is 1.70. The van der Waals surface area contributed by atoms with Gasteiger partial charge >= 0.3 is 5.69 Å².